The highest BCUT2D eigenvalue weighted by Gasteiger charge is 2.54. The topological polar surface area (TPSA) is 205 Å². The molecule has 1 aromatic heterocycles. The molecular weight excluding hydrogens is 642 g/mol. The number of sulfonamides is 2. The van der Waals surface area contributed by atoms with E-state index in [1.807, 2.05) is 13.8 Å². The second-order valence-electron chi connectivity index (χ2n) is 10.7. The number of carbonyl (C=O) groups excluding carboxylic acids is 2. The molecule has 1 fully saturated rings. The average Bonchev–Trinajstić information content (AvgIpc) is 3.51. The molecule has 0 radical (unpaired) electrons. The fraction of sp³-hybridized carbons (Fsp3) is 0.379. The van der Waals surface area contributed by atoms with Crippen LogP contribution in [0.3, 0.4) is 0 Å². The van der Waals surface area contributed by atoms with E-state index in [2.05, 4.69) is 14.4 Å². The number of benzene rings is 2. The number of aryl methyl sites for hydroxylation is 2. The first-order chi connectivity index (χ1) is 21.8. The third-order valence-corrected chi connectivity index (χ3v) is 10.2. The van der Waals surface area contributed by atoms with Gasteiger partial charge in [0.2, 0.25) is 20.0 Å². The number of ether oxygens (including phenoxy) is 4. The number of hydrogen-bond donors (Lipinski definition) is 3. The summed E-state index contributed by atoms with van der Waals surface area (Å²) in [5.41, 5.74) is 1.74. The van der Waals surface area contributed by atoms with Crippen LogP contribution in [-0.4, -0.2) is 76.3 Å². The summed E-state index contributed by atoms with van der Waals surface area (Å²) in [5.74, 6) is -1.49. The Hall–Kier alpha value is -4.16. The fourth-order valence-electron chi connectivity index (χ4n) is 4.78. The van der Waals surface area contributed by atoms with Crippen LogP contribution in [0.1, 0.15) is 30.2 Å². The lowest BCUT2D eigenvalue weighted by Gasteiger charge is -2.22. The van der Waals surface area contributed by atoms with Crippen molar-refractivity contribution in [3.63, 3.8) is 0 Å². The Kier molecular flexibility index (Phi) is 9.88. The molecule has 0 saturated carbocycles. The number of nitrogens with zero attached hydrogens (tertiary/aromatic N) is 2. The van der Waals surface area contributed by atoms with Gasteiger partial charge in [-0.2, -0.15) is 4.98 Å². The summed E-state index contributed by atoms with van der Waals surface area (Å²) in [6.07, 6.45) is -2.84. The molecule has 0 spiro atoms. The molecule has 4 atom stereocenters. The van der Waals surface area contributed by atoms with Gasteiger partial charge < -0.3 is 18.9 Å². The minimum Gasteiger partial charge on any atom is -0.463 e. The number of carbonyl (C=O) groups is 2. The van der Waals surface area contributed by atoms with Crippen LogP contribution in [0.15, 0.2) is 70.6 Å². The van der Waals surface area contributed by atoms with Gasteiger partial charge in [-0.05, 0) is 44.2 Å². The lowest BCUT2D eigenvalue weighted by molar-refractivity contribution is -0.160. The summed E-state index contributed by atoms with van der Waals surface area (Å²) in [6.45, 7) is 2.86. The van der Waals surface area contributed by atoms with Gasteiger partial charge in [0, 0.05) is 19.3 Å². The van der Waals surface area contributed by atoms with Crippen LogP contribution in [0, 0.1) is 19.3 Å². The summed E-state index contributed by atoms with van der Waals surface area (Å²) in [7, 11) is -7.68. The molecule has 0 aliphatic carbocycles. The lowest BCUT2D eigenvalue weighted by Crippen LogP contribution is -2.41. The first-order valence-corrected chi connectivity index (χ1v) is 17.2. The molecule has 3 N–H and O–H groups in total. The van der Waals surface area contributed by atoms with Crippen LogP contribution >= 0.6 is 0 Å². The lowest BCUT2D eigenvalue weighted by atomic mass is 10.1. The average molecular weight is 676 g/mol. The van der Waals surface area contributed by atoms with Crippen LogP contribution in [0.2, 0.25) is 0 Å². The van der Waals surface area contributed by atoms with E-state index in [9.17, 15) is 26.4 Å². The van der Waals surface area contributed by atoms with E-state index in [0.717, 1.165) is 11.1 Å². The Balaban J connectivity index is 1.17. The molecule has 17 heteroatoms. The smallest absolute Gasteiger partial charge is 0.307 e. The van der Waals surface area contributed by atoms with Crippen molar-refractivity contribution in [1.82, 2.24) is 19.0 Å². The van der Waals surface area contributed by atoms with Crippen molar-refractivity contribution in [3.8, 4) is 6.01 Å². The zero-order valence-electron chi connectivity index (χ0n) is 24.9. The van der Waals surface area contributed by atoms with E-state index in [4.69, 9.17) is 24.4 Å². The van der Waals surface area contributed by atoms with Crippen LogP contribution in [0.5, 0.6) is 6.01 Å². The van der Waals surface area contributed by atoms with Gasteiger partial charge in [-0.1, -0.05) is 35.4 Å². The first kappa shape index (κ1) is 33.2. The highest BCUT2D eigenvalue weighted by molar-refractivity contribution is 7.89. The summed E-state index contributed by atoms with van der Waals surface area (Å²) in [4.78, 5) is 29.5. The molecular formula is C29H33N5O10S2. The number of esters is 2. The molecule has 15 nitrogen and oxygen atoms in total. The van der Waals surface area contributed by atoms with E-state index >= 15 is 0 Å². The van der Waals surface area contributed by atoms with E-state index in [-0.39, 0.29) is 53.8 Å². The Morgan fingerprint density at radius 1 is 0.870 bits per heavy atom. The molecule has 3 heterocycles. The van der Waals surface area contributed by atoms with Gasteiger partial charge in [0.15, 0.2) is 23.9 Å². The normalized spacial score (nSPS) is 20.4. The van der Waals surface area contributed by atoms with Gasteiger partial charge in [-0.3, -0.25) is 19.6 Å². The minimum absolute atomic E-state index is 0.0517. The van der Waals surface area contributed by atoms with Gasteiger partial charge in [-0.15, -0.1) is 0 Å². The summed E-state index contributed by atoms with van der Waals surface area (Å²) < 4.78 is 79.2. The highest BCUT2D eigenvalue weighted by Crippen LogP contribution is 2.40. The third kappa shape index (κ3) is 7.79. The van der Waals surface area contributed by atoms with E-state index in [0.29, 0.717) is 0 Å². The quantitative estimate of drug-likeness (QED) is 0.216. The Bertz CT molecular complexity index is 1860. The van der Waals surface area contributed by atoms with Crippen molar-refractivity contribution in [2.24, 2.45) is 0 Å². The monoisotopic (exact) mass is 675 g/mol. The Morgan fingerprint density at radius 2 is 1.41 bits per heavy atom. The van der Waals surface area contributed by atoms with E-state index in [1.54, 1.807) is 24.3 Å². The second-order valence-corrected chi connectivity index (χ2v) is 14.2. The van der Waals surface area contributed by atoms with Gasteiger partial charge in [0.25, 0.3) is 0 Å². The van der Waals surface area contributed by atoms with Crippen molar-refractivity contribution < 1.29 is 45.4 Å². The molecule has 0 bridgehead atoms. The van der Waals surface area contributed by atoms with Gasteiger partial charge in [0.1, 0.15) is 12.7 Å². The molecule has 2 aliphatic rings. The highest BCUT2D eigenvalue weighted by atomic mass is 32.2. The van der Waals surface area contributed by atoms with E-state index in [1.165, 1.54) is 41.1 Å². The minimum atomic E-state index is -3.85. The summed E-state index contributed by atoms with van der Waals surface area (Å²) in [6, 6.07) is 14.0. The summed E-state index contributed by atoms with van der Waals surface area (Å²) in [5, 5.41) is 7.75. The second kappa shape index (κ2) is 13.7. The molecule has 2 aromatic carbocycles. The van der Waals surface area contributed by atoms with Crippen LogP contribution in [-0.2, 0) is 43.8 Å². The number of nitrogens with one attached hydrogen (secondary N) is 3. The standard InChI is InChI=1S/C29H33N5O10S2/c1-18-3-7-20(8-4-18)45(37,38)31-14-11-24(35)41-17-22-26(27-28(42-22)34-16-13-23(30)33-29(34)44-27)43-25(36)12-15-32-46(39,40)21-9-5-19(2)6-10-21/h3-10,13,16,22,26-28,30-32H,11-12,14-15,17H2,1-2H3/t22-,26-,27-,28-/m1/s1. The SMILES string of the molecule is Cc1ccc(S(=O)(=O)NCCC(=O)OC[C@H]2O[C@@H]3[C@H](Oc4nc(=N)ccn43)[C@@H]2OC(=O)CCNS(=O)(=O)c2ccc(C)cc2)cc1. The number of hydrogen-bond acceptors (Lipinski definition) is 12. The molecule has 0 amide bonds. The molecule has 3 aromatic rings. The van der Waals surface area contributed by atoms with Crippen molar-refractivity contribution in [3.05, 3.63) is 77.4 Å². The van der Waals surface area contributed by atoms with Gasteiger partial charge in [-0.25, -0.2) is 26.3 Å². The molecule has 1 saturated heterocycles. The van der Waals surface area contributed by atoms with Crippen molar-refractivity contribution in [2.45, 2.75) is 61.0 Å². The number of fused-ring (bicyclic) bond motifs is 3. The van der Waals surface area contributed by atoms with Crippen LogP contribution in [0.25, 0.3) is 0 Å². The maximum Gasteiger partial charge on any atom is 0.307 e. The fourth-order valence-corrected chi connectivity index (χ4v) is 6.85. The van der Waals surface area contributed by atoms with Crippen molar-refractivity contribution >= 4 is 32.0 Å². The molecule has 246 valence electrons. The molecule has 5 rings (SSSR count). The zero-order chi connectivity index (χ0) is 33.1. The van der Waals surface area contributed by atoms with Crippen LogP contribution < -0.4 is 19.7 Å². The van der Waals surface area contributed by atoms with E-state index < -0.39 is 56.5 Å². The number of aromatic nitrogens is 2. The Morgan fingerprint density at radius 3 is 1.98 bits per heavy atom. The van der Waals surface area contributed by atoms with Gasteiger partial charge >= 0.3 is 17.9 Å². The number of rotatable bonds is 13. The Labute approximate surface area is 265 Å². The predicted octanol–water partition coefficient (Wildman–Crippen LogP) is 0.830. The molecule has 0 unspecified atom stereocenters. The maximum absolute atomic E-state index is 12.8. The molecule has 46 heavy (non-hydrogen) atoms. The summed E-state index contributed by atoms with van der Waals surface area (Å²) >= 11 is 0. The van der Waals surface area contributed by atoms with Crippen molar-refractivity contribution in [1.29, 1.82) is 5.41 Å². The maximum atomic E-state index is 12.8. The van der Waals surface area contributed by atoms with Crippen molar-refractivity contribution in [2.75, 3.05) is 19.7 Å². The molecule has 2 aliphatic heterocycles. The van der Waals surface area contributed by atoms with Crippen LogP contribution in [0.4, 0.5) is 0 Å². The zero-order valence-corrected chi connectivity index (χ0v) is 26.5. The first-order valence-electron chi connectivity index (χ1n) is 14.3. The predicted molar refractivity (Wildman–Crippen MR) is 159 cm³/mol. The third-order valence-electron chi connectivity index (χ3n) is 7.21. The largest absolute Gasteiger partial charge is 0.463 e. The van der Waals surface area contributed by atoms with Gasteiger partial charge in [0.05, 0.1) is 22.6 Å².